The van der Waals surface area contributed by atoms with Crippen LogP contribution in [0.5, 0.6) is 0 Å². The number of hydrogen-bond donors (Lipinski definition) is 1. The zero-order valence-corrected chi connectivity index (χ0v) is 10.5. The summed E-state index contributed by atoms with van der Waals surface area (Å²) in [5, 5.41) is 12.1. The molecule has 1 unspecified atom stereocenters. The van der Waals surface area contributed by atoms with E-state index < -0.39 is 0 Å². The number of fused-ring (bicyclic) bond motifs is 1. The van der Waals surface area contributed by atoms with Crippen molar-refractivity contribution in [3.8, 4) is 0 Å². The second kappa shape index (κ2) is 5.24. The van der Waals surface area contributed by atoms with Gasteiger partial charge in [-0.1, -0.05) is 12.1 Å². The number of hydroxylamine groups is 1. The van der Waals surface area contributed by atoms with Crippen molar-refractivity contribution in [3.63, 3.8) is 0 Å². The van der Waals surface area contributed by atoms with Gasteiger partial charge in [0.15, 0.2) is 12.4 Å². The third-order valence-corrected chi connectivity index (χ3v) is 3.67. The van der Waals surface area contributed by atoms with Gasteiger partial charge in [0.05, 0.1) is 13.2 Å². The first kappa shape index (κ1) is 11.9. The first-order valence-electron chi connectivity index (χ1n) is 6.52. The lowest BCUT2D eigenvalue weighted by molar-refractivity contribution is -0.768. The molecule has 3 rings (SSSR count). The highest BCUT2D eigenvalue weighted by Crippen LogP contribution is 2.25. The summed E-state index contributed by atoms with van der Waals surface area (Å²) in [6.45, 7) is 6.12. The zero-order chi connectivity index (χ0) is 12.4. The van der Waals surface area contributed by atoms with Crippen molar-refractivity contribution >= 4 is 11.4 Å². The minimum absolute atomic E-state index is 0.243. The standard InChI is InChI=1S/C13H19N3O2/c17-16-11-15(12-3-1-2-4-13(12)16)6-5-14-7-9-18-10-8-14/h1-4,16H,5-11H2. The Morgan fingerprint density at radius 3 is 2.78 bits per heavy atom. The Morgan fingerprint density at radius 2 is 1.94 bits per heavy atom. The van der Waals surface area contributed by atoms with E-state index in [0.29, 0.717) is 6.67 Å². The average Bonchev–Trinajstić information content (AvgIpc) is 2.75. The van der Waals surface area contributed by atoms with E-state index in [9.17, 15) is 5.21 Å². The van der Waals surface area contributed by atoms with Crippen LogP contribution in [0.25, 0.3) is 0 Å². The van der Waals surface area contributed by atoms with Crippen LogP contribution in [0.15, 0.2) is 24.3 Å². The van der Waals surface area contributed by atoms with E-state index in [1.165, 1.54) is 0 Å². The molecule has 1 saturated heterocycles. The predicted octanol–water partition coefficient (Wildman–Crippen LogP) is -0.189. The fourth-order valence-electron chi connectivity index (χ4n) is 2.62. The molecule has 18 heavy (non-hydrogen) atoms. The number of anilines is 1. The SMILES string of the molecule is [O-][NH+]1CN(CCN2CCOCC2)c2ccccc21. The molecule has 0 radical (unpaired) electrons. The second-order valence-electron chi connectivity index (χ2n) is 4.82. The van der Waals surface area contributed by atoms with Gasteiger partial charge in [0, 0.05) is 32.2 Å². The topological polar surface area (TPSA) is 43.2 Å². The van der Waals surface area contributed by atoms with Gasteiger partial charge in [-0.25, -0.2) is 0 Å². The highest BCUT2D eigenvalue weighted by Gasteiger charge is 2.25. The maximum Gasteiger partial charge on any atom is 0.157 e. The molecular formula is C13H19N3O2. The summed E-state index contributed by atoms with van der Waals surface area (Å²) in [5.41, 5.74) is 1.97. The molecule has 2 aliphatic rings. The highest BCUT2D eigenvalue weighted by atomic mass is 16.5. The molecule has 0 saturated carbocycles. The molecule has 0 amide bonds. The van der Waals surface area contributed by atoms with E-state index in [0.717, 1.165) is 50.8 Å². The largest absolute Gasteiger partial charge is 0.627 e. The van der Waals surface area contributed by atoms with Crippen molar-refractivity contribution < 1.29 is 9.80 Å². The van der Waals surface area contributed by atoms with Crippen molar-refractivity contribution in [2.24, 2.45) is 0 Å². The molecule has 1 atom stereocenters. The van der Waals surface area contributed by atoms with Crippen LogP contribution < -0.4 is 9.96 Å². The van der Waals surface area contributed by atoms with Crippen molar-refractivity contribution in [2.45, 2.75) is 0 Å². The van der Waals surface area contributed by atoms with E-state index in [2.05, 4.69) is 9.80 Å². The highest BCUT2D eigenvalue weighted by molar-refractivity contribution is 5.65. The van der Waals surface area contributed by atoms with E-state index in [-0.39, 0.29) is 5.06 Å². The minimum atomic E-state index is 0.243. The Hall–Kier alpha value is -1.14. The molecule has 1 aromatic carbocycles. The van der Waals surface area contributed by atoms with E-state index in [1.807, 2.05) is 24.3 Å². The molecule has 0 aliphatic carbocycles. The Bertz CT molecular complexity index is 407. The van der Waals surface area contributed by atoms with Crippen LogP contribution in [0.3, 0.4) is 0 Å². The monoisotopic (exact) mass is 249 g/mol. The van der Waals surface area contributed by atoms with Crippen LogP contribution in [0.1, 0.15) is 0 Å². The van der Waals surface area contributed by atoms with Crippen molar-refractivity contribution in [2.75, 3.05) is 51.0 Å². The number of para-hydroxylation sites is 2. The van der Waals surface area contributed by atoms with Gasteiger partial charge >= 0.3 is 0 Å². The lowest BCUT2D eigenvalue weighted by atomic mass is 10.2. The summed E-state index contributed by atoms with van der Waals surface area (Å²) in [5.74, 6) is 0. The minimum Gasteiger partial charge on any atom is -0.627 e. The number of ether oxygens (including phenoxy) is 1. The number of nitrogens with one attached hydrogen (secondary N) is 1. The summed E-state index contributed by atoms with van der Waals surface area (Å²) in [6, 6.07) is 7.90. The number of nitrogens with zero attached hydrogens (tertiary/aromatic N) is 2. The van der Waals surface area contributed by atoms with Gasteiger partial charge in [-0.3, -0.25) is 4.90 Å². The lowest BCUT2D eigenvalue weighted by Gasteiger charge is -2.28. The maximum absolute atomic E-state index is 11.9. The van der Waals surface area contributed by atoms with Crippen LogP contribution in [0.4, 0.5) is 11.4 Å². The van der Waals surface area contributed by atoms with Crippen LogP contribution in [-0.4, -0.2) is 51.0 Å². The number of quaternary nitrogens is 1. The van der Waals surface area contributed by atoms with Crippen LogP contribution in [0, 0.1) is 5.21 Å². The molecule has 1 fully saturated rings. The fraction of sp³-hybridized carbons (Fsp3) is 0.538. The van der Waals surface area contributed by atoms with Crippen molar-refractivity contribution in [1.29, 1.82) is 0 Å². The van der Waals surface area contributed by atoms with Gasteiger partial charge in [0.25, 0.3) is 0 Å². The molecule has 98 valence electrons. The quantitative estimate of drug-likeness (QED) is 0.754. The lowest BCUT2D eigenvalue weighted by Crippen LogP contribution is -3.01. The molecule has 0 spiro atoms. The smallest absolute Gasteiger partial charge is 0.157 e. The van der Waals surface area contributed by atoms with Crippen LogP contribution >= 0.6 is 0 Å². The Balaban J connectivity index is 1.61. The molecule has 1 N–H and O–H groups in total. The van der Waals surface area contributed by atoms with Crippen molar-refractivity contribution in [1.82, 2.24) is 4.90 Å². The Labute approximate surface area is 107 Å². The van der Waals surface area contributed by atoms with Gasteiger partial charge in [-0.05, 0) is 6.07 Å². The molecule has 0 bridgehead atoms. The summed E-state index contributed by atoms with van der Waals surface area (Å²) < 4.78 is 5.34. The van der Waals surface area contributed by atoms with E-state index >= 15 is 0 Å². The molecule has 0 aromatic heterocycles. The predicted molar refractivity (Wildman–Crippen MR) is 69.9 cm³/mol. The second-order valence-corrected chi connectivity index (χ2v) is 4.82. The summed E-state index contributed by atoms with van der Waals surface area (Å²) in [7, 11) is 0. The summed E-state index contributed by atoms with van der Waals surface area (Å²) >= 11 is 0. The van der Waals surface area contributed by atoms with Crippen LogP contribution in [-0.2, 0) is 4.74 Å². The van der Waals surface area contributed by atoms with Gasteiger partial charge in [-0.2, -0.15) is 0 Å². The fourth-order valence-corrected chi connectivity index (χ4v) is 2.62. The molecule has 2 heterocycles. The Morgan fingerprint density at radius 1 is 1.17 bits per heavy atom. The normalized spacial score (nSPS) is 24.3. The molecule has 5 nitrogen and oxygen atoms in total. The van der Waals surface area contributed by atoms with Gasteiger partial charge in [0.2, 0.25) is 0 Å². The maximum atomic E-state index is 11.9. The number of morpholine rings is 1. The first-order chi connectivity index (χ1) is 8.84. The van der Waals surface area contributed by atoms with Crippen molar-refractivity contribution in [3.05, 3.63) is 29.5 Å². The average molecular weight is 249 g/mol. The summed E-state index contributed by atoms with van der Waals surface area (Å²) in [4.78, 5) is 4.59. The van der Waals surface area contributed by atoms with Gasteiger partial charge in [0.1, 0.15) is 5.69 Å². The molecule has 2 aliphatic heterocycles. The molecular weight excluding hydrogens is 230 g/mol. The van der Waals surface area contributed by atoms with E-state index in [1.54, 1.807) is 0 Å². The summed E-state index contributed by atoms with van der Waals surface area (Å²) in [6.07, 6.45) is 0. The van der Waals surface area contributed by atoms with Gasteiger partial charge < -0.3 is 19.9 Å². The number of hydrogen-bond acceptors (Lipinski definition) is 4. The first-order valence-corrected chi connectivity index (χ1v) is 6.52. The Kier molecular flexibility index (Phi) is 3.47. The van der Waals surface area contributed by atoms with Crippen LogP contribution in [0.2, 0.25) is 0 Å². The van der Waals surface area contributed by atoms with Gasteiger partial charge in [-0.15, -0.1) is 0 Å². The van der Waals surface area contributed by atoms with E-state index in [4.69, 9.17) is 4.74 Å². The third-order valence-electron chi connectivity index (χ3n) is 3.67. The molecule has 5 heteroatoms. The zero-order valence-electron chi connectivity index (χ0n) is 10.5. The number of rotatable bonds is 3. The molecule has 1 aromatic rings. The third kappa shape index (κ3) is 2.35. The number of benzene rings is 1.